The fourth-order valence-corrected chi connectivity index (χ4v) is 2.46. The summed E-state index contributed by atoms with van der Waals surface area (Å²) in [5.74, 6) is -0.286. The predicted molar refractivity (Wildman–Crippen MR) is 137 cm³/mol. The molecule has 1 saturated heterocycles. The summed E-state index contributed by atoms with van der Waals surface area (Å²) in [6.45, 7) is 14.9. The number of nitrogens with one attached hydrogen (secondary N) is 1. The van der Waals surface area contributed by atoms with Crippen LogP contribution < -0.4 is 5.32 Å². The number of ether oxygens (including phenoxy) is 4. The third kappa shape index (κ3) is 17.3. The van der Waals surface area contributed by atoms with Crippen LogP contribution in [0.15, 0.2) is 67.3 Å². The Morgan fingerprint density at radius 2 is 1.91 bits per heavy atom. The van der Waals surface area contributed by atoms with Crippen molar-refractivity contribution >= 4 is 12.4 Å². The summed E-state index contributed by atoms with van der Waals surface area (Å²) in [5, 5.41) is 11.4. The Hall–Kier alpha value is -2.78. The molecule has 8 heteroatoms. The lowest BCUT2D eigenvalue weighted by Crippen LogP contribution is -2.39. The van der Waals surface area contributed by atoms with E-state index in [0.717, 1.165) is 11.1 Å². The summed E-state index contributed by atoms with van der Waals surface area (Å²) < 4.78 is 21.0. The van der Waals surface area contributed by atoms with Crippen molar-refractivity contribution < 1.29 is 33.6 Å². The number of aliphatic hydroxyl groups excluding tert-OH is 1. The summed E-state index contributed by atoms with van der Waals surface area (Å²) in [6, 6.07) is 9.11. The minimum atomic E-state index is -0.418. The molecule has 0 radical (unpaired) electrons. The van der Waals surface area contributed by atoms with Gasteiger partial charge in [0, 0.05) is 6.42 Å². The molecule has 1 aliphatic heterocycles. The number of allylic oxidation sites excluding steroid dienone is 2. The molecule has 2 rings (SSSR count). The van der Waals surface area contributed by atoms with E-state index in [1.54, 1.807) is 19.2 Å². The standard InChI is InChI=1S/C15H23NO4.C7H8O.C5H10O2/c1-4-6-12(5-2)9-20-13-7-8-19-15(17)14(16-3)11-18-10-13;8-6-7-4-2-1-3-5-7;1-5(2,3)7-4-6/h4-6,13-14,16H,1-2,7-11H2,3H3;1-5,8H,6H2;4H,1-3H3/b12-6+;;. The van der Waals surface area contributed by atoms with Crippen molar-refractivity contribution in [2.45, 2.75) is 51.5 Å². The molecule has 0 bridgehead atoms. The van der Waals surface area contributed by atoms with Gasteiger partial charge < -0.3 is 29.4 Å². The molecular formula is C27H41NO7. The highest BCUT2D eigenvalue weighted by molar-refractivity contribution is 5.75. The summed E-state index contributed by atoms with van der Waals surface area (Å²) >= 11 is 0. The van der Waals surface area contributed by atoms with Crippen LogP contribution in [-0.2, 0) is 35.1 Å². The molecule has 1 fully saturated rings. The zero-order valence-corrected chi connectivity index (χ0v) is 21.4. The quantitative estimate of drug-likeness (QED) is 0.324. The van der Waals surface area contributed by atoms with E-state index < -0.39 is 6.04 Å². The average Bonchev–Trinajstić information content (AvgIpc) is 2.92. The molecule has 1 aromatic rings. The van der Waals surface area contributed by atoms with Crippen LogP contribution in [0.1, 0.15) is 32.8 Å². The first kappa shape index (κ1) is 32.2. The number of aliphatic hydroxyl groups is 1. The van der Waals surface area contributed by atoms with Gasteiger partial charge in [0.1, 0.15) is 11.6 Å². The molecule has 2 N–H and O–H groups in total. The molecule has 0 amide bonds. The monoisotopic (exact) mass is 491 g/mol. The number of carbonyl (C=O) groups excluding carboxylic acids is 2. The Balaban J connectivity index is 0.000000627. The van der Waals surface area contributed by atoms with Crippen LogP contribution in [0, 0.1) is 0 Å². The number of hydrogen-bond acceptors (Lipinski definition) is 8. The Kier molecular flexibility index (Phi) is 18.0. The lowest BCUT2D eigenvalue weighted by Gasteiger charge is -2.17. The average molecular weight is 492 g/mol. The molecule has 0 aliphatic carbocycles. The lowest BCUT2D eigenvalue weighted by molar-refractivity contribution is -0.147. The van der Waals surface area contributed by atoms with Crippen molar-refractivity contribution in [3.8, 4) is 0 Å². The predicted octanol–water partition coefficient (Wildman–Crippen LogP) is 3.36. The molecule has 8 nitrogen and oxygen atoms in total. The molecule has 196 valence electrons. The second-order valence-electron chi connectivity index (χ2n) is 8.42. The van der Waals surface area contributed by atoms with E-state index in [9.17, 15) is 9.59 Å². The number of benzene rings is 1. The van der Waals surface area contributed by atoms with Crippen molar-refractivity contribution in [2.24, 2.45) is 0 Å². The fourth-order valence-electron chi connectivity index (χ4n) is 2.46. The summed E-state index contributed by atoms with van der Waals surface area (Å²) in [5.41, 5.74) is 1.60. The van der Waals surface area contributed by atoms with Crippen LogP contribution in [0.5, 0.6) is 0 Å². The zero-order chi connectivity index (χ0) is 26.5. The van der Waals surface area contributed by atoms with E-state index in [2.05, 4.69) is 23.2 Å². The van der Waals surface area contributed by atoms with Crippen LogP contribution in [0.4, 0.5) is 0 Å². The summed E-state index contributed by atoms with van der Waals surface area (Å²) in [4.78, 5) is 21.2. The van der Waals surface area contributed by atoms with Gasteiger partial charge in [0.2, 0.25) is 0 Å². The van der Waals surface area contributed by atoms with Crippen LogP contribution >= 0.6 is 0 Å². The third-order valence-corrected chi connectivity index (χ3v) is 4.41. The normalized spacial score (nSPS) is 18.5. The third-order valence-electron chi connectivity index (χ3n) is 4.41. The van der Waals surface area contributed by atoms with Gasteiger partial charge in [-0.3, -0.25) is 9.59 Å². The Bertz CT molecular complexity index is 757. The van der Waals surface area contributed by atoms with Gasteiger partial charge in [-0.05, 0) is 39.0 Å². The first-order valence-corrected chi connectivity index (χ1v) is 11.4. The van der Waals surface area contributed by atoms with E-state index in [1.165, 1.54) is 0 Å². The van der Waals surface area contributed by atoms with Crippen LogP contribution in [-0.4, -0.2) is 68.8 Å². The Labute approximate surface area is 209 Å². The Morgan fingerprint density at radius 3 is 2.37 bits per heavy atom. The first-order valence-electron chi connectivity index (χ1n) is 11.4. The second kappa shape index (κ2) is 19.5. The van der Waals surface area contributed by atoms with E-state index in [1.807, 2.05) is 57.2 Å². The van der Waals surface area contributed by atoms with Crippen LogP contribution in [0.2, 0.25) is 0 Å². The largest absolute Gasteiger partial charge is 0.464 e. The van der Waals surface area contributed by atoms with Gasteiger partial charge in [-0.15, -0.1) is 0 Å². The molecule has 2 atom stereocenters. The number of cyclic esters (lactones) is 1. The van der Waals surface area contributed by atoms with E-state index in [4.69, 9.17) is 19.3 Å². The van der Waals surface area contributed by atoms with E-state index in [0.29, 0.717) is 32.7 Å². The molecular weight excluding hydrogens is 450 g/mol. The minimum absolute atomic E-state index is 0.105. The molecule has 0 saturated carbocycles. The first-order chi connectivity index (χ1) is 16.7. The SMILES string of the molecule is C=C/C=C(\C=C)COC1CCOC(=O)C(NC)COC1.CC(C)(C)OC=O.OCc1ccccc1. The molecule has 1 aliphatic rings. The zero-order valence-electron chi connectivity index (χ0n) is 21.4. The van der Waals surface area contributed by atoms with Crippen molar-refractivity contribution in [2.75, 3.05) is 33.5 Å². The van der Waals surface area contributed by atoms with E-state index in [-0.39, 0.29) is 30.9 Å². The topological polar surface area (TPSA) is 103 Å². The Morgan fingerprint density at radius 1 is 1.23 bits per heavy atom. The number of likely N-dealkylation sites (N-methyl/N-ethyl adjacent to an activating group) is 1. The maximum Gasteiger partial charge on any atom is 0.325 e. The number of carbonyl (C=O) groups is 2. The van der Waals surface area contributed by atoms with Gasteiger partial charge in [0.15, 0.2) is 0 Å². The van der Waals surface area contributed by atoms with Crippen LogP contribution in [0.3, 0.4) is 0 Å². The maximum absolute atomic E-state index is 11.6. The van der Waals surface area contributed by atoms with Gasteiger partial charge in [-0.25, -0.2) is 0 Å². The van der Waals surface area contributed by atoms with Gasteiger partial charge in [0.25, 0.3) is 6.47 Å². The van der Waals surface area contributed by atoms with Gasteiger partial charge in [0.05, 0.1) is 39.1 Å². The maximum atomic E-state index is 11.6. The minimum Gasteiger partial charge on any atom is -0.464 e. The van der Waals surface area contributed by atoms with Crippen LogP contribution in [0.25, 0.3) is 0 Å². The number of esters is 1. The highest BCUT2D eigenvalue weighted by Crippen LogP contribution is 2.08. The molecule has 0 spiro atoms. The lowest BCUT2D eigenvalue weighted by atomic mass is 10.2. The summed E-state index contributed by atoms with van der Waals surface area (Å²) in [7, 11) is 1.71. The molecule has 2 unspecified atom stereocenters. The van der Waals surface area contributed by atoms with Gasteiger partial charge in [-0.1, -0.05) is 61.7 Å². The smallest absolute Gasteiger partial charge is 0.325 e. The molecule has 1 aromatic carbocycles. The summed E-state index contributed by atoms with van der Waals surface area (Å²) in [6.07, 6.45) is 5.78. The van der Waals surface area contributed by atoms with Gasteiger partial charge >= 0.3 is 5.97 Å². The van der Waals surface area contributed by atoms with Crippen molar-refractivity contribution in [1.82, 2.24) is 5.32 Å². The fraction of sp³-hybridized carbons (Fsp3) is 0.481. The number of rotatable bonds is 8. The highest BCUT2D eigenvalue weighted by atomic mass is 16.6. The van der Waals surface area contributed by atoms with Crippen molar-refractivity contribution in [1.29, 1.82) is 0 Å². The molecule has 35 heavy (non-hydrogen) atoms. The molecule has 0 aromatic heterocycles. The van der Waals surface area contributed by atoms with E-state index >= 15 is 0 Å². The van der Waals surface area contributed by atoms with Gasteiger partial charge in [-0.2, -0.15) is 0 Å². The highest BCUT2D eigenvalue weighted by Gasteiger charge is 2.22. The van der Waals surface area contributed by atoms with Crippen molar-refractivity contribution in [3.63, 3.8) is 0 Å². The second-order valence-corrected chi connectivity index (χ2v) is 8.42. The van der Waals surface area contributed by atoms with Crippen molar-refractivity contribution in [3.05, 3.63) is 72.9 Å². The molecule has 1 heterocycles. The number of hydrogen-bond donors (Lipinski definition) is 2.